The van der Waals surface area contributed by atoms with Gasteiger partial charge in [-0.05, 0) is 6.42 Å². The number of amides is 1. The molecule has 4 N–H and O–H groups in total. The molecule has 1 fully saturated rings. The number of carbonyl (C=O) groups excluding carboxylic acids is 1. The first kappa shape index (κ1) is 12.4. The Morgan fingerprint density at radius 1 is 1.47 bits per heavy atom. The molecule has 0 radical (unpaired) electrons. The molecule has 0 saturated carbocycles. The third-order valence-electron chi connectivity index (χ3n) is 2.76. The number of aliphatic hydroxyl groups is 2. The molecule has 1 aliphatic rings. The van der Waals surface area contributed by atoms with Crippen molar-refractivity contribution in [2.75, 3.05) is 13.1 Å². The molecule has 5 heteroatoms. The van der Waals surface area contributed by atoms with Gasteiger partial charge in [0, 0.05) is 13.1 Å². The zero-order valence-electron chi connectivity index (χ0n) is 9.09. The predicted octanol–water partition coefficient (Wildman–Crippen LogP) is -0.932. The third-order valence-corrected chi connectivity index (χ3v) is 2.76. The number of rotatable bonds is 4. The van der Waals surface area contributed by atoms with Crippen molar-refractivity contribution in [3.63, 3.8) is 0 Å². The van der Waals surface area contributed by atoms with Gasteiger partial charge in [-0.15, -0.1) is 0 Å². The van der Waals surface area contributed by atoms with Crippen LogP contribution in [0.2, 0.25) is 0 Å². The van der Waals surface area contributed by atoms with E-state index in [0.717, 1.165) is 12.8 Å². The van der Waals surface area contributed by atoms with E-state index in [4.69, 9.17) is 5.73 Å². The summed E-state index contributed by atoms with van der Waals surface area (Å²) in [5.41, 5.74) is 5.72. The van der Waals surface area contributed by atoms with Gasteiger partial charge in [-0.3, -0.25) is 4.79 Å². The van der Waals surface area contributed by atoms with Gasteiger partial charge in [0.05, 0.1) is 18.2 Å². The number of hydrogen-bond acceptors (Lipinski definition) is 4. The lowest BCUT2D eigenvalue weighted by Crippen LogP contribution is -2.43. The number of likely N-dealkylation sites (tertiary alicyclic amines) is 1. The van der Waals surface area contributed by atoms with Crippen LogP contribution < -0.4 is 5.73 Å². The van der Waals surface area contributed by atoms with Crippen LogP contribution >= 0.6 is 0 Å². The summed E-state index contributed by atoms with van der Waals surface area (Å²) in [5.74, 6) is -0.168. The first-order valence-electron chi connectivity index (χ1n) is 5.46. The Hall–Kier alpha value is -0.650. The minimum atomic E-state index is -0.827. The van der Waals surface area contributed by atoms with Gasteiger partial charge in [-0.1, -0.05) is 19.8 Å². The van der Waals surface area contributed by atoms with E-state index in [0.29, 0.717) is 6.42 Å². The number of hydrogen-bond donors (Lipinski definition) is 3. The standard InChI is InChI=1S/C10H20N2O3/c1-2-3-4-7(11)10(15)12-5-8(13)9(14)6-12/h7-9,13-14H,2-6,11H2,1H3/t7-,8?,9?/m0/s1. The highest BCUT2D eigenvalue weighted by molar-refractivity contribution is 5.82. The Morgan fingerprint density at radius 3 is 2.47 bits per heavy atom. The Kier molecular flexibility index (Phi) is 4.50. The lowest BCUT2D eigenvalue weighted by atomic mass is 10.1. The maximum absolute atomic E-state index is 11.7. The largest absolute Gasteiger partial charge is 0.388 e. The lowest BCUT2D eigenvalue weighted by Gasteiger charge is -2.19. The van der Waals surface area contributed by atoms with Gasteiger partial charge < -0.3 is 20.8 Å². The van der Waals surface area contributed by atoms with Gasteiger partial charge in [-0.2, -0.15) is 0 Å². The quantitative estimate of drug-likeness (QED) is 0.566. The van der Waals surface area contributed by atoms with Crippen molar-refractivity contribution < 1.29 is 15.0 Å². The third kappa shape index (κ3) is 3.15. The van der Waals surface area contributed by atoms with E-state index in [2.05, 4.69) is 0 Å². The molecule has 0 aliphatic carbocycles. The molecule has 88 valence electrons. The highest BCUT2D eigenvalue weighted by atomic mass is 16.3. The second-order valence-corrected chi connectivity index (χ2v) is 4.13. The van der Waals surface area contributed by atoms with Gasteiger partial charge in [-0.25, -0.2) is 0 Å². The van der Waals surface area contributed by atoms with Gasteiger partial charge in [0.15, 0.2) is 0 Å². The van der Waals surface area contributed by atoms with Crippen molar-refractivity contribution in [1.82, 2.24) is 4.90 Å². The zero-order chi connectivity index (χ0) is 11.4. The van der Waals surface area contributed by atoms with Crippen molar-refractivity contribution >= 4 is 5.91 Å². The van der Waals surface area contributed by atoms with Crippen LogP contribution in [0.3, 0.4) is 0 Å². The number of β-amino-alcohol motifs (C(OH)–C–C–N with tert-alkyl or cyclic N) is 2. The van der Waals surface area contributed by atoms with E-state index in [1.54, 1.807) is 0 Å². The monoisotopic (exact) mass is 216 g/mol. The summed E-state index contributed by atoms with van der Waals surface area (Å²) in [4.78, 5) is 13.2. The Bertz CT molecular complexity index is 213. The van der Waals surface area contributed by atoms with Crippen molar-refractivity contribution in [2.45, 2.75) is 44.4 Å². The number of nitrogens with two attached hydrogens (primary N) is 1. The van der Waals surface area contributed by atoms with Crippen LogP contribution in [-0.4, -0.2) is 52.4 Å². The molecule has 1 aliphatic heterocycles. The maximum atomic E-state index is 11.7. The number of aliphatic hydroxyl groups excluding tert-OH is 2. The first-order valence-corrected chi connectivity index (χ1v) is 5.46. The molecule has 0 spiro atoms. The van der Waals surface area contributed by atoms with Crippen molar-refractivity contribution in [3.8, 4) is 0 Å². The van der Waals surface area contributed by atoms with Gasteiger partial charge in [0.2, 0.25) is 5.91 Å². The molecule has 0 aromatic heterocycles. The topological polar surface area (TPSA) is 86.8 Å². The predicted molar refractivity (Wildman–Crippen MR) is 56.1 cm³/mol. The van der Waals surface area contributed by atoms with Crippen molar-refractivity contribution in [3.05, 3.63) is 0 Å². The maximum Gasteiger partial charge on any atom is 0.239 e. The fourth-order valence-electron chi connectivity index (χ4n) is 1.73. The van der Waals surface area contributed by atoms with Gasteiger partial charge >= 0.3 is 0 Å². The number of nitrogens with zero attached hydrogens (tertiary/aromatic N) is 1. The fraction of sp³-hybridized carbons (Fsp3) is 0.900. The van der Waals surface area contributed by atoms with Crippen LogP contribution in [0.15, 0.2) is 0 Å². The molecule has 15 heavy (non-hydrogen) atoms. The Labute approximate surface area is 89.9 Å². The molecule has 1 heterocycles. The minimum Gasteiger partial charge on any atom is -0.388 e. The van der Waals surface area contributed by atoms with Crippen molar-refractivity contribution in [1.29, 1.82) is 0 Å². The Balaban J connectivity index is 2.40. The fourth-order valence-corrected chi connectivity index (χ4v) is 1.73. The average molecular weight is 216 g/mol. The minimum absolute atomic E-state index is 0.168. The highest BCUT2D eigenvalue weighted by Crippen LogP contribution is 2.12. The molecular formula is C10H20N2O3. The second kappa shape index (κ2) is 5.44. The molecule has 2 unspecified atom stereocenters. The van der Waals surface area contributed by atoms with E-state index in [9.17, 15) is 15.0 Å². The first-order chi connectivity index (χ1) is 7.06. The van der Waals surface area contributed by atoms with Crippen LogP contribution in [-0.2, 0) is 4.79 Å². The van der Waals surface area contributed by atoms with Crippen LogP contribution in [0.25, 0.3) is 0 Å². The summed E-state index contributed by atoms with van der Waals surface area (Å²) < 4.78 is 0. The van der Waals surface area contributed by atoms with Gasteiger partial charge in [0.25, 0.3) is 0 Å². The molecular weight excluding hydrogens is 196 g/mol. The second-order valence-electron chi connectivity index (χ2n) is 4.13. The van der Waals surface area contributed by atoms with Crippen LogP contribution in [0, 0.1) is 0 Å². The number of carbonyl (C=O) groups is 1. The molecule has 1 amide bonds. The van der Waals surface area contributed by atoms with E-state index >= 15 is 0 Å². The highest BCUT2D eigenvalue weighted by Gasteiger charge is 2.34. The molecule has 0 aromatic rings. The summed E-state index contributed by atoms with van der Waals surface area (Å²) in [6, 6.07) is -0.498. The summed E-state index contributed by atoms with van der Waals surface area (Å²) in [6.07, 6.45) is 0.940. The van der Waals surface area contributed by atoms with E-state index in [-0.39, 0.29) is 19.0 Å². The molecule has 5 nitrogen and oxygen atoms in total. The smallest absolute Gasteiger partial charge is 0.239 e. The Morgan fingerprint density at radius 2 is 2.00 bits per heavy atom. The lowest BCUT2D eigenvalue weighted by molar-refractivity contribution is -0.132. The molecule has 1 rings (SSSR count). The molecule has 0 aromatic carbocycles. The molecule has 1 saturated heterocycles. The zero-order valence-corrected chi connectivity index (χ0v) is 9.09. The summed E-state index contributed by atoms with van der Waals surface area (Å²) >= 11 is 0. The normalized spacial score (nSPS) is 28.1. The van der Waals surface area contributed by atoms with Crippen molar-refractivity contribution in [2.24, 2.45) is 5.73 Å². The molecule has 0 bridgehead atoms. The van der Waals surface area contributed by atoms with E-state index in [1.807, 2.05) is 6.92 Å². The summed E-state index contributed by atoms with van der Waals surface area (Å²) in [5, 5.41) is 18.6. The molecule has 3 atom stereocenters. The van der Waals surface area contributed by atoms with E-state index < -0.39 is 18.2 Å². The summed E-state index contributed by atoms with van der Waals surface area (Å²) in [6.45, 7) is 2.43. The average Bonchev–Trinajstić information content (AvgIpc) is 2.54. The SMILES string of the molecule is CCCC[C@H](N)C(=O)N1CC(O)C(O)C1. The van der Waals surface area contributed by atoms with Crippen LogP contribution in [0.1, 0.15) is 26.2 Å². The summed E-state index contributed by atoms with van der Waals surface area (Å²) in [7, 11) is 0. The van der Waals surface area contributed by atoms with Gasteiger partial charge in [0.1, 0.15) is 0 Å². The van der Waals surface area contributed by atoms with Crippen LogP contribution in [0.4, 0.5) is 0 Å². The van der Waals surface area contributed by atoms with E-state index in [1.165, 1.54) is 4.90 Å². The number of unbranched alkanes of at least 4 members (excludes halogenated alkanes) is 1. The van der Waals surface area contributed by atoms with Crippen LogP contribution in [0.5, 0.6) is 0 Å².